The second-order valence-electron chi connectivity index (χ2n) is 3.99. The first-order valence-electron chi connectivity index (χ1n) is 5.48. The SMILES string of the molecule is CC(CCN)Cc1nc(-c2cccs2)cs1. The number of nitrogens with zero attached hydrogens (tertiary/aromatic N) is 1. The van der Waals surface area contributed by atoms with E-state index in [4.69, 9.17) is 5.73 Å². The molecule has 0 saturated carbocycles. The van der Waals surface area contributed by atoms with E-state index in [1.165, 1.54) is 9.88 Å². The predicted molar refractivity (Wildman–Crippen MR) is 72.0 cm³/mol. The summed E-state index contributed by atoms with van der Waals surface area (Å²) in [4.78, 5) is 5.92. The summed E-state index contributed by atoms with van der Waals surface area (Å²) in [7, 11) is 0. The van der Waals surface area contributed by atoms with Gasteiger partial charge in [-0.25, -0.2) is 4.98 Å². The average Bonchev–Trinajstić information content (AvgIpc) is 2.86. The Kier molecular flexibility index (Phi) is 4.09. The van der Waals surface area contributed by atoms with Crippen LogP contribution in [0.15, 0.2) is 22.9 Å². The van der Waals surface area contributed by atoms with Gasteiger partial charge in [0.25, 0.3) is 0 Å². The van der Waals surface area contributed by atoms with Crippen LogP contribution in [0, 0.1) is 5.92 Å². The normalized spacial score (nSPS) is 12.9. The van der Waals surface area contributed by atoms with Crippen LogP contribution in [-0.2, 0) is 6.42 Å². The number of thiophene rings is 1. The first-order chi connectivity index (χ1) is 7.79. The molecule has 0 aliphatic rings. The maximum atomic E-state index is 5.55. The van der Waals surface area contributed by atoms with Gasteiger partial charge in [0.1, 0.15) is 0 Å². The van der Waals surface area contributed by atoms with Crippen molar-refractivity contribution in [1.82, 2.24) is 4.98 Å². The summed E-state index contributed by atoms with van der Waals surface area (Å²) in [5.41, 5.74) is 6.67. The summed E-state index contributed by atoms with van der Waals surface area (Å²) in [6.07, 6.45) is 2.13. The van der Waals surface area contributed by atoms with Crippen LogP contribution in [0.25, 0.3) is 10.6 Å². The Morgan fingerprint density at radius 1 is 1.44 bits per heavy atom. The predicted octanol–water partition coefficient (Wildman–Crippen LogP) is 3.40. The molecule has 4 heteroatoms. The van der Waals surface area contributed by atoms with Crippen molar-refractivity contribution >= 4 is 22.7 Å². The Bertz CT molecular complexity index is 420. The third kappa shape index (κ3) is 2.90. The molecule has 2 rings (SSSR count). The van der Waals surface area contributed by atoms with Gasteiger partial charge in [-0.3, -0.25) is 0 Å². The Morgan fingerprint density at radius 3 is 3.00 bits per heavy atom. The van der Waals surface area contributed by atoms with Crippen LogP contribution in [0.1, 0.15) is 18.4 Å². The van der Waals surface area contributed by atoms with Crippen molar-refractivity contribution in [2.75, 3.05) is 6.54 Å². The Hall–Kier alpha value is -0.710. The topological polar surface area (TPSA) is 38.9 Å². The molecule has 0 aliphatic heterocycles. The van der Waals surface area contributed by atoms with Crippen molar-refractivity contribution in [2.24, 2.45) is 11.7 Å². The summed E-state index contributed by atoms with van der Waals surface area (Å²) in [6, 6.07) is 4.18. The van der Waals surface area contributed by atoms with E-state index in [9.17, 15) is 0 Å². The summed E-state index contributed by atoms with van der Waals surface area (Å²) < 4.78 is 0. The summed E-state index contributed by atoms with van der Waals surface area (Å²) in [5, 5.41) is 5.46. The van der Waals surface area contributed by atoms with Gasteiger partial charge in [-0.15, -0.1) is 22.7 Å². The van der Waals surface area contributed by atoms with Gasteiger partial charge in [-0.2, -0.15) is 0 Å². The zero-order valence-corrected chi connectivity index (χ0v) is 11.0. The van der Waals surface area contributed by atoms with Crippen LogP contribution in [0.2, 0.25) is 0 Å². The molecule has 2 aromatic rings. The van der Waals surface area contributed by atoms with Gasteiger partial charge >= 0.3 is 0 Å². The summed E-state index contributed by atoms with van der Waals surface area (Å²) >= 11 is 3.50. The minimum absolute atomic E-state index is 0.632. The minimum Gasteiger partial charge on any atom is -0.330 e. The van der Waals surface area contributed by atoms with Crippen molar-refractivity contribution in [3.63, 3.8) is 0 Å². The first-order valence-corrected chi connectivity index (χ1v) is 7.24. The fraction of sp³-hybridized carbons (Fsp3) is 0.417. The van der Waals surface area contributed by atoms with E-state index in [1.54, 1.807) is 22.7 Å². The molecular formula is C12H16N2S2. The second kappa shape index (κ2) is 5.57. The van der Waals surface area contributed by atoms with Crippen LogP contribution in [0.5, 0.6) is 0 Å². The van der Waals surface area contributed by atoms with Crippen molar-refractivity contribution < 1.29 is 0 Å². The molecule has 0 fully saturated rings. The lowest BCUT2D eigenvalue weighted by atomic mass is 10.1. The van der Waals surface area contributed by atoms with Crippen LogP contribution in [-0.4, -0.2) is 11.5 Å². The molecule has 1 unspecified atom stereocenters. The van der Waals surface area contributed by atoms with Gasteiger partial charge in [0.2, 0.25) is 0 Å². The first kappa shape index (κ1) is 11.8. The third-order valence-corrected chi connectivity index (χ3v) is 4.27. The van der Waals surface area contributed by atoms with Crippen LogP contribution >= 0.6 is 22.7 Å². The van der Waals surface area contributed by atoms with Gasteiger partial charge in [-0.05, 0) is 30.3 Å². The van der Waals surface area contributed by atoms with Gasteiger partial charge in [0.15, 0.2) is 0 Å². The van der Waals surface area contributed by atoms with E-state index in [-0.39, 0.29) is 0 Å². The lowest BCUT2D eigenvalue weighted by Crippen LogP contribution is -2.07. The highest BCUT2D eigenvalue weighted by molar-refractivity contribution is 7.14. The highest BCUT2D eigenvalue weighted by atomic mass is 32.1. The van der Waals surface area contributed by atoms with E-state index in [2.05, 4.69) is 34.8 Å². The minimum atomic E-state index is 0.632. The standard InChI is InChI=1S/C12H16N2S2/c1-9(4-5-13)7-12-14-10(8-16-12)11-3-2-6-15-11/h2-3,6,8-9H,4-5,7,13H2,1H3. The highest BCUT2D eigenvalue weighted by Crippen LogP contribution is 2.27. The smallest absolute Gasteiger partial charge is 0.0935 e. The number of hydrogen-bond donors (Lipinski definition) is 1. The van der Waals surface area contributed by atoms with Gasteiger partial charge < -0.3 is 5.73 Å². The zero-order valence-electron chi connectivity index (χ0n) is 9.35. The van der Waals surface area contributed by atoms with E-state index in [0.29, 0.717) is 5.92 Å². The Balaban J connectivity index is 2.03. The van der Waals surface area contributed by atoms with Crippen LogP contribution in [0.4, 0.5) is 0 Å². The number of nitrogens with two attached hydrogens (primary N) is 1. The van der Waals surface area contributed by atoms with E-state index in [1.807, 2.05) is 0 Å². The lowest BCUT2D eigenvalue weighted by Gasteiger charge is -2.06. The molecule has 16 heavy (non-hydrogen) atoms. The van der Waals surface area contributed by atoms with Crippen molar-refractivity contribution in [3.05, 3.63) is 27.9 Å². The summed E-state index contributed by atoms with van der Waals surface area (Å²) in [6.45, 7) is 3.00. The molecule has 0 amide bonds. The van der Waals surface area contributed by atoms with Crippen molar-refractivity contribution in [1.29, 1.82) is 0 Å². The van der Waals surface area contributed by atoms with Gasteiger partial charge in [0.05, 0.1) is 15.6 Å². The molecule has 2 aromatic heterocycles. The molecular weight excluding hydrogens is 236 g/mol. The number of thiazole rings is 1. The molecule has 1 atom stereocenters. The second-order valence-corrected chi connectivity index (χ2v) is 5.88. The molecule has 0 bridgehead atoms. The molecule has 0 radical (unpaired) electrons. The number of aromatic nitrogens is 1. The fourth-order valence-electron chi connectivity index (χ4n) is 1.63. The van der Waals surface area contributed by atoms with E-state index >= 15 is 0 Å². The maximum Gasteiger partial charge on any atom is 0.0935 e. The van der Waals surface area contributed by atoms with Crippen molar-refractivity contribution in [2.45, 2.75) is 19.8 Å². The molecule has 0 saturated heterocycles. The number of hydrogen-bond acceptors (Lipinski definition) is 4. The Labute approximate surface area is 104 Å². The lowest BCUT2D eigenvalue weighted by molar-refractivity contribution is 0.537. The van der Waals surface area contributed by atoms with E-state index < -0.39 is 0 Å². The maximum absolute atomic E-state index is 5.55. The molecule has 0 aliphatic carbocycles. The fourth-order valence-corrected chi connectivity index (χ4v) is 3.35. The zero-order chi connectivity index (χ0) is 11.4. The van der Waals surface area contributed by atoms with Gasteiger partial charge in [-0.1, -0.05) is 13.0 Å². The molecule has 2 N–H and O–H groups in total. The quantitative estimate of drug-likeness (QED) is 0.885. The summed E-state index contributed by atoms with van der Waals surface area (Å²) in [5.74, 6) is 0.632. The molecule has 0 spiro atoms. The molecule has 2 heterocycles. The number of rotatable bonds is 5. The molecule has 2 nitrogen and oxygen atoms in total. The average molecular weight is 252 g/mol. The monoisotopic (exact) mass is 252 g/mol. The third-order valence-electron chi connectivity index (χ3n) is 2.51. The van der Waals surface area contributed by atoms with Gasteiger partial charge in [0, 0.05) is 11.8 Å². The largest absolute Gasteiger partial charge is 0.330 e. The van der Waals surface area contributed by atoms with E-state index in [0.717, 1.165) is 25.1 Å². The van der Waals surface area contributed by atoms with Crippen LogP contribution < -0.4 is 5.73 Å². The molecule has 0 aromatic carbocycles. The Morgan fingerprint density at radius 2 is 2.31 bits per heavy atom. The molecule has 86 valence electrons. The highest BCUT2D eigenvalue weighted by Gasteiger charge is 2.08. The van der Waals surface area contributed by atoms with Crippen LogP contribution in [0.3, 0.4) is 0 Å². The van der Waals surface area contributed by atoms with Crippen molar-refractivity contribution in [3.8, 4) is 10.6 Å².